The summed E-state index contributed by atoms with van der Waals surface area (Å²) in [6.07, 6.45) is 4.89. The quantitative estimate of drug-likeness (QED) is 0.158. The maximum absolute atomic E-state index is 13.3. The van der Waals surface area contributed by atoms with E-state index in [1.165, 1.54) is 17.3 Å². The zero-order chi connectivity index (χ0) is 28.3. The highest BCUT2D eigenvalue weighted by atomic mass is 32.2. The number of hydrogen-bond donors (Lipinski definition) is 3. The van der Waals surface area contributed by atoms with Crippen molar-refractivity contribution >= 4 is 46.9 Å². The van der Waals surface area contributed by atoms with Gasteiger partial charge in [-0.3, -0.25) is 19.4 Å². The summed E-state index contributed by atoms with van der Waals surface area (Å²) in [7, 11) is 0. The molecule has 0 saturated carbocycles. The van der Waals surface area contributed by atoms with Crippen LogP contribution in [0.2, 0.25) is 0 Å². The van der Waals surface area contributed by atoms with E-state index in [9.17, 15) is 14.4 Å². The van der Waals surface area contributed by atoms with Gasteiger partial charge in [-0.2, -0.15) is 0 Å². The summed E-state index contributed by atoms with van der Waals surface area (Å²) in [5, 5.41) is 8.44. The third-order valence-corrected chi connectivity index (χ3v) is 6.90. The third-order valence-electron chi connectivity index (χ3n) is 5.89. The summed E-state index contributed by atoms with van der Waals surface area (Å²) in [4.78, 5) is 43.2. The average molecular weight is 551 g/mol. The molecule has 0 aliphatic carbocycles. The van der Waals surface area contributed by atoms with Crippen LogP contribution in [0.5, 0.6) is 0 Å². The van der Waals surface area contributed by atoms with Gasteiger partial charge in [-0.1, -0.05) is 56.3 Å². The lowest BCUT2D eigenvalue weighted by Gasteiger charge is -2.12. The predicted molar refractivity (Wildman–Crippen MR) is 161 cm³/mol. The van der Waals surface area contributed by atoms with Crippen molar-refractivity contribution in [2.75, 3.05) is 16.4 Å². The molecule has 0 spiro atoms. The van der Waals surface area contributed by atoms with Gasteiger partial charge < -0.3 is 16.0 Å². The standard InChI is InChI=1S/C32H30N4O3S/c1-22(2)24-10-8-23(9-11-24)20-29(36-31(38)25-6-4-3-5-7-25)32(39)35-26-12-14-28(15-13-26)40-21-30(37)34-27-16-18-33-19-17-27/h3-20,22H,21H2,1-2H3,(H,35,39)(H,36,38)(H,33,34,37)/b29-20-. The van der Waals surface area contributed by atoms with Crippen LogP contribution in [0.1, 0.15) is 41.3 Å². The van der Waals surface area contributed by atoms with Gasteiger partial charge in [0, 0.05) is 34.2 Å². The molecule has 202 valence electrons. The van der Waals surface area contributed by atoms with Crippen LogP contribution in [0.15, 0.2) is 114 Å². The molecule has 40 heavy (non-hydrogen) atoms. The van der Waals surface area contributed by atoms with Gasteiger partial charge in [0.05, 0.1) is 5.75 Å². The molecular formula is C32H30N4O3S. The maximum Gasteiger partial charge on any atom is 0.272 e. The number of amides is 3. The van der Waals surface area contributed by atoms with Gasteiger partial charge in [-0.15, -0.1) is 11.8 Å². The fourth-order valence-electron chi connectivity index (χ4n) is 3.70. The second-order valence-corrected chi connectivity index (χ2v) is 10.3. The van der Waals surface area contributed by atoms with Crippen molar-refractivity contribution < 1.29 is 14.4 Å². The fraction of sp³-hybridized carbons (Fsp3) is 0.125. The lowest BCUT2D eigenvalue weighted by Crippen LogP contribution is -2.30. The summed E-state index contributed by atoms with van der Waals surface area (Å²) in [5.41, 5.74) is 3.80. The van der Waals surface area contributed by atoms with E-state index in [1.807, 2.05) is 42.5 Å². The lowest BCUT2D eigenvalue weighted by atomic mass is 10.0. The van der Waals surface area contributed by atoms with Crippen LogP contribution in [0.4, 0.5) is 11.4 Å². The number of thioether (sulfide) groups is 1. The van der Waals surface area contributed by atoms with Gasteiger partial charge in [-0.05, 0) is 71.7 Å². The van der Waals surface area contributed by atoms with Crippen LogP contribution in [0, 0.1) is 0 Å². The lowest BCUT2D eigenvalue weighted by molar-refractivity contribution is -0.114. The van der Waals surface area contributed by atoms with Crippen molar-refractivity contribution in [3.8, 4) is 0 Å². The summed E-state index contributed by atoms with van der Waals surface area (Å²) >= 11 is 1.38. The van der Waals surface area contributed by atoms with Gasteiger partial charge in [-0.25, -0.2) is 0 Å². The largest absolute Gasteiger partial charge is 0.325 e. The molecule has 0 unspecified atom stereocenters. The van der Waals surface area contributed by atoms with Gasteiger partial charge in [0.2, 0.25) is 5.91 Å². The summed E-state index contributed by atoms with van der Waals surface area (Å²) in [5.74, 6) is -0.330. The molecule has 4 rings (SSSR count). The number of nitrogens with zero attached hydrogens (tertiary/aromatic N) is 1. The molecule has 0 aliphatic heterocycles. The molecule has 0 fully saturated rings. The molecule has 0 atom stereocenters. The van der Waals surface area contributed by atoms with Crippen molar-refractivity contribution in [3.63, 3.8) is 0 Å². The number of rotatable bonds is 10. The van der Waals surface area contributed by atoms with E-state index in [0.29, 0.717) is 22.9 Å². The van der Waals surface area contributed by atoms with Crippen LogP contribution >= 0.6 is 11.8 Å². The first kappa shape index (κ1) is 28.3. The van der Waals surface area contributed by atoms with Gasteiger partial charge in [0.1, 0.15) is 5.70 Å². The van der Waals surface area contributed by atoms with E-state index in [1.54, 1.807) is 67.0 Å². The van der Waals surface area contributed by atoms with Crippen molar-refractivity contribution in [3.05, 3.63) is 126 Å². The Balaban J connectivity index is 1.43. The molecule has 7 nitrogen and oxygen atoms in total. The van der Waals surface area contributed by atoms with E-state index in [4.69, 9.17) is 0 Å². The summed E-state index contributed by atoms with van der Waals surface area (Å²) in [6, 6.07) is 27.3. The first-order chi connectivity index (χ1) is 19.4. The fourth-order valence-corrected chi connectivity index (χ4v) is 4.40. The number of benzene rings is 3. The van der Waals surface area contributed by atoms with Crippen LogP contribution in [0.3, 0.4) is 0 Å². The number of hydrogen-bond acceptors (Lipinski definition) is 5. The van der Waals surface area contributed by atoms with Crippen molar-refractivity contribution in [1.82, 2.24) is 10.3 Å². The summed E-state index contributed by atoms with van der Waals surface area (Å²) < 4.78 is 0. The number of aromatic nitrogens is 1. The molecule has 4 aromatic rings. The second-order valence-electron chi connectivity index (χ2n) is 9.25. The molecule has 0 bridgehead atoms. The molecule has 0 aliphatic rings. The molecule has 8 heteroatoms. The molecule has 3 aromatic carbocycles. The second kappa shape index (κ2) is 13.9. The Labute approximate surface area is 238 Å². The van der Waals surface area contributed by atoms with Crippen molar-refractivity contribution in [1.29, 1.82) is 0 Å². The third kappa shape index (κ3) is 8.41. The van der Waals surface area contributed by atoms with E-state index >= 15 is 0 Å². The SMILES string of the molecule is CC(C)c1ccc(/C=C(\NC(=O)c2ccccc2)C(=O)Nc2ccc(SCC(=O)Nc3ccncc3)cc2)cc1. The number of nitrogens with one attached hydrogen (secondary N) is 3. The van der Waals surface area contributed by atoms with Crippen molar-refractivity contribution in [2.45, 2.75) is 24.7 Å². The summed E-state index contributed by atoms with van der Waals surface area (Å²) in [6.45, 7) is 4.23. The van der Waals surface area contributed by atoms with Crippen LogP contribution < -0.4 is 16.0 Å². The van der Waals surface area contributed by atoms with E-state index in [-0.39, 0.29) is 23.3 Å². The van der Waals surface area contributed by atoms with Gasteiger partial charge in [0.15, 0.2) is 0 Å². The van der Waals surface area contributed by atoms with E-state index in [2.05, 4.69) is 34.8 Å². The number of carbonyl (C=O) groups excluding carboxylic acids is 3. The topological polar surface area (TPSA) is 100 Å². The Morgan fingerprint density at radius 2 is 1.45 bits per heavy atom. The average Bonchev–Trinajstić information content (AvgIpc) is 2.97. The Morgan fingerprint density at radius 3 is 2.10 bits per heavy atom. The number of carbonyl (C=O) groups is 3. The zero-order valence-corrected chi connectivity index (χ0v) is 23.1. The van der Waals surface area contributed by atoms with Crippen molar-refractivity contribution in [2.24, 2.45) is 0 Å². The van der Waals surface area contributed by atoms with Crippen LogP contribution in [0.25, 0.3) is 6.08 Å². The minimum Gasteiger partial charge on any atom is -0.325 e. The first-order valence-electron chi connectivity index (χ1n) is 12.8. The number of pyridine rings is 1. The molecular weight excluding hydrogens is 520 g/mol. The minimum atomic E-state index is -0.450. The highest BCUT2D eigenvalue weighted by Crippen LogP contribution is 2.22. The molecule has 3 N–H and O–H groups in total. The highest BCUT2D eigenvalue weighted by molar-refractivity contribution is 8.00. The molecule has 1 aromatic heterocycles. The zero-order valence-electron chi connectivity index (χ0n) is 22.3. The minimum absolute atomic E-state index is 0.123. The monoisotopic (exact) mass is 550 g/mol. The van der Waals surface area contributed by atoms with Gasteiger partial charge in [0.25, 0.3) is 11.8 Å². The van der Waals surface area contributed by atoms with Crippen LogP contribution in [-0.4, -0.2) is 28.5 Å². The van der Waals surface area contributed by atoms with Gasteiger partial charge >= 0.3 is 0 Å². The molecule has 3 amide bonds. The normalized spacial score (nSPS) is 11.1. The van der Waals surface area contributed by atoms with Crippen LogP contribution in [-0.2, 0) is 9.59 Å². The number of anilines is 2. The Hall–Kier alpha value is -4.69. The van der Waals surface area contributed by atoms with E-state index in [0.717, 1.165) is 10.5 Å². The molecule has 0 saturated heterocycles. The Kier molecular flexibility index (Phi) is 9.85. The Morgan fingerprint density at radius 1 is 0.800 bits per heavy atom. The Bertz CT molecular complexity index is 1470. The smallest absolute Gasteiger partial charge is 0.272 e. The first-order valence-corrected chi connectivity index (χ1v) is 13.8. The maximum atomic E-state index is 13.3. The molecule has 1 heterocycles. The molecule has 0 radical (unpaired) electrons. The predicted octanol–water partition coefficient (Wildman–Crippen LogP) is 6.35. The van der Waals surface area contributed by atoms with E-state index < -0.39 is 5.91 Å². The highest BCUT2D eigenvalue weighted by Gasteiger charge is 2.15.